The number of aryl methyl sites for hydroxylation is 1. The smallest absolute Gasteiger partial charge is 0.149 e. The van der Waals surface area contributed by atoms with Gasteiger partial charge in [-0.2, -0.15) is 0 Å². The topological polar surface area (TPSA) is 81.7 Å². The van der Waals surface area contributed by atoms with Crippen molar-refractivity contribution in [1.29, 1.82) is 0 Å². The van der Waals surface area contributed by atoms with E-state index in [1.54, 1.807) is 0 Å². The van der Waals surface area contributed by atoms with E-state index < -0.39 is 0 Å². The van der Waals surface area contributed by atoms with Crippen LogP contribution in [0.4, 0.5) is 5.00 Å². The lowest BCUT2D eigenvalue weighted by Gasteiger charge is -2.05. The highest BCUT2D eigenvalue weighted by Gasteiger charge is 2.12. The lowest BCUT2D eigenvalue weighted by Crippen LogP contribution is -2.10. The van der Waals surface area contributed by atoms with Crippen LogP contribution in [0.1, 0.15) is 11.5 Å². The van der Waals surface area contributed by atoms with Crippen LogP contribution < -0.4 is 11.3 Å². The number of para-hydroxylation sites is 2. The molecule has 3 N–H and O–H groups in total. The second-order valence-electron chi connectivity index (χ2n) is 3.93. The number of hydrogen-bond acceptors (Lipinski definition) is 6. The lowest BCUT2D eigenvalue weighted by molar-refractivity contribution is 0.760. The Kier molecular flexibility index (Phi) is 2.69. The Hall–Kier alpha value is -1.99. The molecular formula is C11H12N6S. The Morgan fingerprint density at radius 2 is 2.22 bits per heavy atom. The highest BCUT2D eigenvalue weighted by molar-refractivity contribution is 7.10. The van der Waals surface area contributed by atoms with Crippen molar-refractivity contribution in [3.63, 3.8) is 0 Å². The first-order valence-electron chi connectivity index (χ1n) is 5.49. The molecule has 92 valence electrons. The van der Waals surface area contributed by atoms with Gasteiger partial charge in [0.2, 0.25) is 0 Å². The maximum absolute atomic E-state index is 5.43. The highest BCUT2D eigenvalue weighted by Crippen LogP contribution is 2.21. The maximum atomic E-state index is 5.43. The van der Waals surface area contributed by atoms with Gasteiger partial charge in [-0.25, -0.2) is 10.8 Å². The Morgan fingerprint density at radius 1 is 1.39 bits per heavy atom. The van der Waals surface area contributed by atoms with Gasteiger partial charge in [-0.15, -0.1) is 5.10 Å². The van der Waals surface area contributed by atoms with Crippen LogP contribution in [0, 0.1) is 6.92 Å². The molecule has 0 fully saturated rings. The first-order chi connectivity index (χ1) is 8.79. The zero-order valence-corrected chi connectivity index (χ0v) is 10.6. The molecule has 3 aromatic rings. The number of nitrogens with two attached hydrogens (primary N) is 1. The van der Waals surface area contributed by atoms with Gasteiger partial charge in [0, 0.05) is 11.5 Å². The fourth-order valence-corrected chi connectivity index (χ4v) is 2.45. The van der Waals surface area contributed by atoms with Crippen molar-refractivity contribution >= 4 is 27.6 Å². The van der Waals surface area contributed by atoms with E-state index in [1.807, 2.05) is 31.2 Å². The molecule has 7 heteroatoms. The molecule has 0 unspecified atom stereocenters. The SMILES string of the molecule is Cc1nc2ccccc2n1Cc1nnsc1NN. The fraction of sp³-hybridized carbons (Fsp3) is 0.182. The van der Waals surface area contributed by atoms with Crippen LogP contribution in [0.5, 0.6) is 0 Å². The summed E-state index contributed by atoms with van der Waals surface area (Å²) < 4.78 is 6.00. The molecule has 0 atom stereocenters. The molecule has 0 aliphatic heterocycles. The van der Waals surface area contributed by atoms with E-state index in [0.717, 1.165) is 27.6 Å². The molecule has 3 rings (SSSR count). The van der Waals surface area contributed by atoms with Gasteiger partial charge in [0.25, 0.3) is 0 Å². The number of nitrogens with zero attached hydrogens (tertiary/aromatic N) is 4. The Bertz CT molecular complexity index is 686. The van der Waals surface area contributed by atoms with Gasteiger partial charge >= 0.3 is 0 Å². The number of fused-ring (bicyclic) bond motifs is 1. The van der Waals surface area contributed by atoms with Crippen molar-refractivity contribution in [2.24, 2.45) is 5.84 Å². The number of rotatable bonds is 3. The summed E-state index contributed by atoms with van der Waals surface area (Å²) in [4.78, 5) is 4.52. The Labute approximate surface area is 108 Å². The van der Waals surface area contributed by atoms with Crippen molar-refractivity contribution in [2.75, 3.05) is 5.43 Å². The van der Waals surface area contributed by atoms with E-state index in [2.05, 4.69) is 24.6 Å². The van der Waals surface area contributed by atoms with E-state index in [1.165, 1.54) is 11.5 Å². The van der Waals surface area contributed by atoms with Crippen LogP contribution in [-0.4, -0.2) is 19.1 Å². The van der Waals surface area contributed by atoms with Crippen LogP contribution in [0.3, 0.4) is 0 Å². The van der Waals surface area contributed by atoms with E-state index >= 15 is 0 Å². The summed E-state index contributed by atoms with van der Waals surface area (Å²) in [5, 5.41) is 4.87. The molecule has 0 saturated heterocycles. The van der Waals surface area contributed by atoms with Gasteiger partial charge < -0.3 is 9.99 Å². The maximum Gasteiger partial charge on any atom is 0.149 e. The summed E-state index contributed by atoms with van der Waals surface area (Å²) >= 11 is 1.25. The first kappa shape index (κ1) is 11.1. The molecule has 2 heterocycles. The third-order valence-corrected chi connectivity index (χ3v) is 3.54. The number of imidazole rings is 1. The minimum Gasteiger partial charge on any atom is -0.322 e. The molecular weight excluding hydrogens is 248 g/mol. The van der Waals surface area contributed by atoms with Crippen LogP contribution in [0.15, 0.2) is 24.3 Å². The first-order valence-corrected chi connectivity index (χ1v) is 6.26. The molecule has 18 heavy (non-hydrogen) atoms. The van der Waals surface area contributed by atoms with Gasteiger partial charge in [0.1, 0.15) is 16.5 Å². The zero-order chi connectivity index (χ0) is 12.5. The van der Waals surface area contributed by atoms with Crippen molar-refractivity contribution < 1.29 is 0 Å². The largest absolute Gasteiger partial charge is 0.322 e. The molecule has 0 aliphatic rings. The monoisotopic (exact) mass is 260 g/mol. The summed E-state index contributed by atoms with van der Waals surface area (Å²) in [7, 11) is 0. The molecule has 0 saturated carbocycles. The third kappa shape index (κ3) is 1.73. The Morgan fingerprint density at radius 3 is 3.06 bits per heavy atom. The molecule has 6 nitrogen and oxygen atoms in total. The second kappa shape index (κ2) is 4.35. The number of aromatic nitrogens is 4. The second-order valence-corrected chi connectivity index (χ2v) is 4.68. The quantitative estimate of drug-likeness (QED) is 0.551. The fourth-order valence-electron chi connectivity index (χ4n) is 1.97. The highest BCUT2D eigenvalue weighted by atomic mass is 32.1. The predicted octanol–water partition coefficient (Wildman–Crippen LogP) is 1.53. The van der Waals surface area contributed by atoms with E-state index in [-0.39, 0.29) is 0 Å². The van der Waals surface area contributed by atoms with Gasteiger partial charge in [0.05, 0.1) is 17.6 Å². The van der Waals surface area contributed by atoms with E-state index in [9.17, 15) is 0 Å². The van der Waals surface area contributed by atoms with Gasteiger partial charge in [-0.1, -0.05) is 16.6 Å². The summed E-state index contributed by atoms with van der Waals surface area (Å²) in [6, 6.07) is 8.03. The van der Waals surface area contributed by atoms with E-state index in [0.29, 0.717) is 6.54 Å². The molecule has 0 spiro atoms. The molecule has 0 aliphatic carbocycles. The van der Waals surface area contributed by atoms with Crippen molar-refractivity contribution in [3.05, 3.63) is 35.8 Å². The van der Waals surface area contributed by atoms with Crippen molar-refractivity contribution in [2.45, 2.75) is 13.5 Å². The normalized spacial score (nSPS) is 11.0. The molecule has 2 aromatic heterocycles. The minimum atomic E-state index is 0.613. The van der Waals surface area contributed by atoms with Crippen molar-refractivity contribution in [3.8, 4) is 0 Å². The summed E-state index contributed by atoms with van der Waals surface area (Å²) in [5.74, 6) is 6.38. The zero-order valence-electron chi connectivity index (χ0n) is 9.79. The third-order valence-electron chi connectivity index (χ3n) is 2.84. The van der Waals surface area contributed by atoms with Gasteiger partial charge in [0.15, 0.2) is 0 Å². The summed E-state index contributed by atoms with van der Waals surface area (Å²) in [6.07, 6.45) is 0. The number of nitrogens with one attached hydrogen (secondary N) is 1. The lowest BCUT2D eigenvalue weighted by atomic mass is 10.3. The predicted molar refractivity (Wildman–Crippen MR) is 71.3 cm³/mol. The number of nitrogen functional groups attached to an aromatic ring is 1. The van der Waals surface area contributed by atoms with Crippen LogP contribution >= 0.6 is 11.5 Å². The van der Waals surface area contributed by atoms with Gasteiger partial charge in [-0.05, 0) is 19.1 Å². The molecule has 0 bridgehead atoms. The standard InChI is InChI=1S/C11H12N6S/c1-7-13-8-4-2-3-5-10(8)17(7)6-9-11(14-12)18-16-15-9/h2-5,14H,6,12H2,1H3. The van der Waals surface area contributed by atoms with Crippen LogP contribution in [-0.2, 0) is 6.54 Å². The average Bonchev–Trinajstić information content (AvgIpc) is 2.95. The molecule has 1 aromatic carbocycles. The van der Waals surface area contributed by atoms with Crippen LogP contribution in [0.25, 0.3) is 11.0 Å². The summed E-state index contributed by atoms with van der Waals surface area (Å²) in [6.45, 7) is 2.59. The minimum absolute atomic E-state index is 0.613. The Balaban J connectivity index is 2.07. The van der Waals surface area contributed by atoms with Crippen LogP contribution in [0.2, 0.25) is 0 Å². The number of anilines is 1. The van der Waals surface area contributed by atoms with E-state index in [4.69, 9.17) is 5.84 Å². The molecule has 0 amide bonds. The number of benzene rings is 1. The average molecular weight is 260 g/mol. The van der Waals surface area contributed by atoms with Crippen molar-refractivity contribution in [1.82, 2.24) is 19.1 Å². The molecule has 0 radical (unpaired) electrons. The summed E-state index contributed by atoms with van der Waals surface area (Å²) in [5.41, 5.74) is 5.52. The number of hydrogen-bond donors (Lipinski definition) is 2. The number of hydrazine groups is 1. The van der Waals surface area contributed by atoms with Gasteiger partial charge in [-0.3, -0.25) is 0 Å².